The number of unbranched alkanes of at least 4 members (excludes halogenated alkanes) is 1. The van der Waals surface area contributed by atoms with Gasteiger partial charge in [0.05, 0.1) is 12.9 Å². The quantitative estimate of drug-likeness (QED) is 0.775. The Morgan fingerprint density at radius 3 is 2.90 bits per heavy atom. The van der Waals surface area contributed by atoms with Crippen LogP contribution in [0.2, 0.25) is 0 Å². The molecule has 0 bridgehead atoms. The summed E-state index contributed by atoms with van der Waals surface area (Å²) >= 11 is 0. The van der Waals surface area contributed by atoms with E-state index in [4.69, 9.17) is 4.74 Å². The first kappa shape index (κ1) is 14.6. The summed E-state index contributed by atoms with van der Waals surface area (Å²) in [6, 6.07) is 0. The fourth-order valence-corrected chi connectivity index (χ4v) is 2.12. The molecular formula is C14H23N5O. The van der Waals surface area contributed by atoms with Crippen molar-refractivity contribution < 1.29 is 4.74 Å². The number of hydrogen-bond donors (Lipinski definition) is 2. The number of aromatic amines is 1. The van der Waals surface area contributed by atoms with Crippen molar-refractivity contribution in [2.75, 3.05) is 19.0 Å². The van der Waals surface area contributed by atoms with Crippen LogP contribution < -0.4 is 10.1 Å². The Kier molecular flexibility index (Phi) is 5.15. The molecule has 1 unspecified atom stereocenters. The number of H-pyrrole nitrogens is 1. The van der Waals surface area contributed by atoms with Gasteiger partial charge in [-0.2, -0.15) is 9.97 Å². The topological polar surface area (TPSA) is 75.7 Å². The van der Waals surface area contributed by atoms with Crippen molar-refractivity contribution in [1.82, 2.24) is 19.9 Å². The summed E-state index contributed by atoms with van der Waals surface area (Å²) in [5, 5.41) is 2.93. The second kappa shape index (κ2) is 7.07. The van der Waals surface area contributed by atoms with Crippen molar-refractivity contribution in [2.24, 2.45) is 5.92 Å². The minimum atomic E-state index is 0.529. The molecule has 2 aromatic rings. The predicted molar refractivity (Wildman–Crippen MR) is 80.0 cm³/mol. The highest BCUT2D eigenvalue weighted by Crippen LogP contribution is 2.22. The SMILES string of the molecule is CCCCC(CC)COc1nc(NC)nc2nc[nH]c12. The lowest BCUT2D eigenvalue weighted by atomic mass is 10.0. The van der Waals surface area contributed by atoms with E-state index in [-0.39, 0.29) is 0 Å². The zero-order valence-corrected chi connectivity index (χ0v) is 12.4. The van der Waals surface area contributed by atoms with Crippen LogP contribution in [0.4, 0.5) is 5.95 Å². The summed E-state index contributed by atoms with van der Waals surface area (Å²) in [4.78, 5) is 15.8. The molecule has 110 valence electrons. The summed E-state index contributed by atoms with van der Waals surface area (Å²) in [6.45, 7) is 5.10. The maximum atomic E-state index is 5.91. The first-order chi connectivity index (χ1) is 9.78. The number of aromatic nitrogens is 4. The zero-order chi connectivity index (χ0) is 14.4. The number of nitrogens with one attached hydrogen (secondary N) is 2. The van der Waals surface area contributed by atoms with Gasteiger partial charge in [0.1, 0.15) is 5.52 Å². The van der Waals surface area contributed by atoms with Crippen LogP contribution >= 0.6 is 0 Å². The minimum Gasteiger partial charge on any atom is -0.476 e. The van der Waals surface area contributed by atoms with Crippen LogP contribution in [-0.4, -0.2) is 33.6 Å². The number of nitrogens with zero attached hydrogens (tertiary/aromatic N) is 3. The number of ether oxygens (including phenoxy) is 1. The van der Waals surface area contributed by atoms with E-state index in [2.05, 4.69) is 39.1 Å². The molecule has 2 N–H and O–H groups in total. The van der Waals surface area contributed by atoms with Crippen molar-refractivity contribution in [3.05, 3.63) is 6.33 Å². The third kappa shape index (κ3) is 3.37. The highest BCUT2D eigenvalue weighted by molar-refractivity contribution is 5.76. The average molecular weight is 277 g/mol. The van der Waals surface area contributed by atoms with E-state index >= 15 is 0 Å². The van der Waals surface area contributed by atoms with Crippen LogP contribution in [0.25, 0.3) is 11.2 Å². The second-order valence-corrected chi connectivity index (χ2v) is 4.93. The van der Waals surface area contributed by atoms with Crippen LogP contribution in [0.1, 0.15) is 39.5 Å². The highest BCUT2D eigenvalue weighted by atomic mass is 16.5. The molecule has 2 heterocycles. The Morgan fingerprint density at radius 2 is 2.20 bits per heavy atom. The molecule has 0 saturated carbocycles. The van der Waals surface area contributed by atoms with Gasteiger partial charge in [0.2, 0.25) is 11.8 Å². The largest absolute Gasteiger partial charge is 0.476 e. The number of anilines is 1. The van der Waals surface area contributed by atoms with Crippen molar-refractivity contribution in [2.45, 2.75) is 39.5 Å². The summed E-state index contributed by atoms with van der Waals surface area (Å²) in [7, 11) is 1.79. The molecule has 1 atom stereocenters. The number of hydrogen-bond acceptors (Lipinski definition) is 5. The Labute approximate surface area is 119 Å². The van der Waals surface area contributed by atoms with Gasteiger partial charge in [-0.05, 0) is 12.3 Å². The lowest BCUT2D eigenvalue weighted by Crippen LogP contribution is -2.13. The molecule has 0 fully saturated rings. The van der Waals surface area contributed by atoms with Crippen molar-refractivity contribution in [3.8, 4) is 5.88 Å². The standard InChI is InChI=1S/C14H23N5O/c1-4-6-7-10(5-2)8-20-13-11-12(17-9-16-11)18-14(15-3)19-13/h9-10H,4-8H2,1-3H3,(H2,15,16,17,18,19). The number of rotatable bonds is 8. The van der Waals surface area contributed by atoms with Gasteiger partial charge < -0.3 is 15.0 Å². The normalized spacial score (nSPS) is 12.6. The Morgan fingerprint density at radius 1 is 1.35 bits per heavy atom. The van der Waals surface area contributed by atoms with E-state index in [9.17, 15) is 0 Å². The number of fused-ring (bicyclic) bond motifs is 1. The van der Waals surface area contributed by atoms with E-state index in [1.807, 2.05) is 0 Å². The summed E-state index contributed by atoms with van der Waals surface area (Å²) in [5.74, 6) is 1.67. The first-order valence-corrected chi connectivity index (χ1v) is 7.30. The lowest BCUT2D eigenvalue weighted by Gasteiger charge is -2.15. The Balaban J connectivity index is 2.09. The second-order valence-electron chi connectivity index (χ2n) is 4.93. The summed E-state index contributed by atoms with van der Waals surface area (Å²) in [6.07, 6.45) is 6.39. The molecule has 0 saturated heterocycles. The monoisotopic (exact) mass is 277 g/mol. The highest BCUT2D eigenvalue weighted by Gasteiger charge is 2.13. The summed E-state index contributed by atoms with van der Waals surface area (Å²) in [5.41, 5.74) is 1.38. The molecule has 6 heteroatoms. The number of imidazole rings is 1. The third-order valence-corrected chi connectivity index (χ3v) is 3.48. The molecule has 2 aromatic heterocycles. The maximum Gasteiger partial charge on any atom is 0.245 e. The molecular weight excluding hydrogens is 254 g/mol. The van der Waals surface area contributed by atoms with Gasteiger partial charge in [0.25, 0.3) is 0 Å². The third-order valence-electron chi connectivity index (χ3n) is 3.48. The molecule has 6 nitrogen and oxygen atoms in total. The van der Waals surface area contributed by atoms with Crippen molar-refractivity contribution >= 4 is 17.1 Å². The van der Waals surface area contributed by atoms with Crippen LogP contribution in [0.5, 0.6) is 5.88 Å². The molecule has 0 aromatic carbocycles. The maximum absolute atomic E-state index is 5.91. The van der Waals surface area contributed by atoms with Crippen LogP contribution in [0.3, 0.4) is 0 Å². The summed E-state index contributed by atoms with van der Waals surface area (Å²) < 4.78 is 5.91. The molecule has 2 rings (SSSR count). The van der Waals surface area contributed by atoms with Crippen molar-refractivity contribution in [3.63, 3.8) is 0 Å². The van der Waals surface area contributed by atoms with E-state index < -0.39 is 0 Å². The van der Waals surface area contributed by atoms with Gasteiger partial charge in [-0.3, -0.25) is 0 Å². The molecule has 0 spiro atoms. The van der Waals surface area contributed by atoms with Gasteiger partial charge in [-0.25, -0.2) is 4.98 Å². The van der Waals surface area contributed by atoms with Crippen LogP contribution in [0.15, 0.2) is 6.33 Å². The smallest absolute Gasteiger partial charge is 0.245 e. The molecule has 0 aliphatic carbocycles. The Bertz CT molecular complexity index is 539. The Hall–Kier alpha value is -1.85. The van der Waals surface area contributed by atoms with Gasteiger partial charge in [0, 0.05) is 7.05 Å². The fourth-order valence-electron chi connectivity index (χ4n) is 2.12. The first-order valence-electron chi connectivity index (χ1n) is 7.30. The van der Waals surface area contributed by atoms with E-state index in [0.29, 0.717) is 30.0 Å². The van der Waals surface area contributed by atoms with Crippen LogP contribution in [-0.2, 0) is 0 Å². The average Bonchev–Trinajstić information content (AvgIpc) is 2.95. The molecule has 20 heavy (non-hydrogen) atoms. The predicted octanol–water partition coefficient (Wildman–Crippen LogP) is 2.99. The lowest BCUT2D eigenvalue weighted by molar-refractivity contribution is 0.228. The van der Waals surface area contributed by atoms with E-state index in [1.165, 1.54) is 19.3 Å². The van der Waals surface area contributed by atoms with Gasteiger partial charge in [0.15, 0.2) is 5.65 Å². The van der Waals surface area contributed by atoms with Crippen molar-refractivity contribution in [1.29, 1.82) is 0 Å². The van der Waals surface area contributed by atoms with Gasteiger partial charge in [-0.1, -0.05) is 33.1 Å². The molecule has 0 amide bonds. The molecule has 0 radical (unpaired) electrons. The van der Waals surface area contributed by atoms with E-state index in [0.717, 1.165) is 11.9 Å². The fraction of sp³-hybridized carbons (Fsp3) is 0.643. The van der Waals surface area contributed by atoms with Gasteiger partial charge >= 0.3 is 0 Å². The zero-order valence-electron chi connectivity index (χ0n) is 12.4. The van der Waals surface area contributed by atoms with E-state index in [1.54, 1.807) is 13.4 Å². The molecule has 0 aliphatic heterocycles. The van der Waals surface area contributed by atoms with Crippen LogP contribution in [0, 0.1) is 5.92 Å². The minimum absolute atomic E-state index is 0.529. The molecule has 0 aliphatic rings. The van der Waals surface area contributed by atoms with Gasteiger partial charge in [-0.15, -0.1) is 0 Å².